The second-order valence-electron chi connectivity index (χ2n) is 24.0. The molecule has 443 valence electrons. The van der Waals surface area contributed by atoms with E-state index in [1.54, 1.807) is 0 Å². The van der Waals surface area contributed by atoms with Crippen LogP contribution in [0.15, 0.2) is 0 Å². The Hall–Kier alpha value is -2.06. The standard InChI is InChI=1S/3C22H41NO2.Fe/c3*1-5-9-12-18(7-3)16-23(17-19(8-4)13-10-6-2)22(25)20-14-11-15-21(20)24;/h3*18-20H,5-17H2,1-4H3;/q;;;+3. The first-order valence-electron chi connectivity index (χ1n) is 32.6. The van der Waals surface area contributed by atoms with Crippen molar-refractivity contribution in [2.75, 3.05) is 39.3 Å². The Morgan fingerprint density at radius 2 is 0.513 bits per heavy atom. The van der Waals surface area contributed by atoms with Gasteiger partial charge in [0, 0.05) is 58.5 Å². The summed E-state index contributed by atoms with van der Waals surface area (Å²) in [5.74, 6) is 3.35. The second kappa shape index (κ2) is 45.6. The summed E-state index contributed by atoms with van der Waals surface area (Å²) in [5.41, 5.74) is 0. The maximum absolute atomic E-state index is 13.1. The predicted molar refractivity (Wildman–Crippen MR) is 317 cm³/mol. The molecule has 0 aromatic heterocycles. The van der Waals surface area contributed by atoms with Crippen LogP contribution in [-0.4, -0.2) is 89.0 Å². The summed E-state index contributed by atoms with van der Waals surface area (Å²) >= 11 is 0. The zero-order valence-corrected chi connectivity index (χ0v) is 53.0. The van der Waals surface area contributed by atoms with Gasteiger partial charge in [0.25, 0.3) is 0 Å². The molecule has 0 heterocycles. The van der Waals surface area contributed by atoms with E-state index >= 15 is 0 Å². The van der Waals surface area contributed by atoms with Crippen molar-refractivity contribution in [3.8, 4) is 0 Å². The Morgan fingerprint density at radius 3 is 0.632 bits per heavy atom. The van der Waals surface area contributed by atoms with Gasteiger partial charge in [0.05, 0.1) is 17.8 Å². The molecular weight excluding hydrogens is 987 g/mol. The van der Waals surface area contributed by atoms with Crippen LogP contribution in [0.25, 0.3) is 0 Å². The fourth-order valence-corrected chi connectivity index (χ4v) is 12.0. The average molecular weight is 1110 g/mol. The van der Waals surface area contributed by atoms with Crippen LogP contribution in [0.4, 0.5) is 0 Å². The predicted octanol–water partition coefficient (Wildman–Crippen LogP) is 16.8. The molecule has 9 nitrogen and oxygen atoms in total. The van der Waals surface area contributed by atoms with Crippen molar-refractivity contribution in [1.82, 2.24) is 14.7 Å². The van der Waals surface area contributed by atoms with Crippen LogP contribution in [0.1, 0.15) is 295 Å². The van der Waals surface area contributed by atoms with E-state index < -0.39 is 0 Å². The SMILES string of the molecule is CCCCC(CC)CN(CC(CC)CCCC)C(=O)C1CCCC1=O.CCCCC(CC)CN(CC(CC)CCCC)C(=O)C1CCCC1=O.CCCCC(CC)CN(CC(CC)CCCC)C(=O)C1CCCC1=O.[Fe+3]. The molecule has 10 heteroatoms. The van der Waals surface area contributed by atoms with Crippen LogP contribution in [0.3, 0.4) is 0 Å². The number of ketones is 3. The van der Waals surface area contributed by atoms with Crippen molar-refractivity contribution in [3.63, 3.8) is 0 Å². The summed E-state index contributed by atoms with van der Waals surface area (Å²) in [6, 6.07) is 0. The number of rotatable bonds is 39. The minimum absolute atomic E-state index is 0. The number of unbranched alkanes of at least 4 members (excludes halogenated alkanes) is 6. The van der Waals surface area contributed by atoms with E-state index in [1.165, 1.54) is 116 Å². The van der Waals surface area contributed by atoms with E-state index in [0.29, 0.717) is 54.8 Å². The average Bonchev–Trinajstić information content (AvgIpc) is 4.19. The number of nitrogens with zero attached hydrogens (tertiary/aromatic N) is 3. The zero-order valence-electron chi connectivity index (χ0n) is 51.9. The second-order valence-corrected chi connectivity index (χ2v) is 24.0. The van der Waals surface area contributed by atoms with Crippen molar-refractivity contribution in [2.24, 2.45) is 53.3 Å². The molecule has 3 aliphatic carbocycles. The Bertz CT molecular complexity index is 1310. The molecule has 0 aromatic rings. The molecule has 0 saturated heterocycles. The summed E-state index contributed by atoms with van der Waals surface area (Å²) in [6.07, 6.45) is 35.3. The third-order valence-corrected chi connectivity index (χ3v) is 17.9. The van der Waals surface area contributed by atoms with Crippen LogP contribution in [0.2, 0.25) is 0 Å². The van der Waals surface area contributed by atoms with E-state index in [0.717, 1.165) is 116 Å². The van der Waals surface area contributed by atoms with Crippen molar-refractivity contribution in [1.29, 1.82) is 0 Å². The Labute approximate surface area is 480 Å². The molecule has 0 spiro atoms. The maximum atomic E-state index is 13.1. The molecule has 76 heavy (non-hydrogen) atoms. The first-order valence-corrected chi connectivity index (χ1v) is 32.6. The van der Waals surface area contributed by atoms with Crippen LogP contribution < -0.4 is 0 Å². The van der Waals surface area contributed by atoms with Crippen molar-refractivity contribution in [2.45, 2.75) is 295 Å². The van der Waals surface area contributed by atoms with Crippen LogP contribution >= 0.6 is 0 Å². The minimum atomic E-state index is -0.340. The molecule has 3 saturated carbocycles. The van der Waals surface area contributed by atoms with Gasteiger partial charge in [-0.05, 0) is 113 Å². The normalized spacial score (nSPS) is 19.6. The number of carbonyl (C=O) groups is 6. The molecule has 9 atom stereocenters. The molecule has 1 radical (unpaired) electrons. The quantitative estimate of drug-likeness (QED) is 0.0448. The molecule has 0 aromatic carbocycles. The Morgan fingerprint density at radius 1 is 0.342 bits per heavy atom. The van der Waals surface area contributed by atoms with E-state index in [2.05, 4.69) is 97.8 Å². The molecule has 3 amide bonds. The maximum Gasteiger partial charge on any atom is 3.00 e. The summed E-state index contributed by atoms with van der Waals surface area (Å²) in [6.45, 7) is 31.9. The molecule has 3 fully saturated rings. The largest absolute Gasteiger partial charge is 3.00 e. The third-order valence-electron chi connectivity index (χ3n) is 17.9. The molecule has 0 aliphatic heterocycles. The van der Waals surface area contributed by atoms with Crippen molar-refractivity contribution in [3.05, 3.63) is 0 Å². The van der Waals surface area contributed by atoms with Gasteiger partial charge in [-0.15, -0.1) is 0 Å². The van der Waals surface area contributed by atoms with Crippen LogP contribution in [-0.2, 0) is 45.8 Å². The summed E-state index contributed by atoms with van der Waals surface area (Å²) in [4.78, 5) is 82.0. The minimum Gasteiger partial charge on any atom is -0.342 e. The molecular formula is C66H123FeN3O6+3. The van der Waals surface area contributed by atoms with E-state index in [4.69, 9.17) is 0 Å². The summed E-state index contributed by atoms with van der Waals surface area (Å²) in [7, 11) is 0. The van der Waals surface area contributed by atoms with E-state index in [9.17, 15) is 28.8 Å². The van der Waals surface area contributed by atoms with Crippen molar-refractivity contribution < 1.29 is 45.8 Å². The summed E-state index contributed by atoms with van der Waals surface area (Å²) < 4.78 is 0. The Kier molecular flexibility index (Phi) is 44.4. The number of amides is 3. The molecule has 9 unspecified atom stereocenters. The Balaban J connectivity index is 0.00000110. The van der Waals surface area contributed by atoms with Gasteiger partial charge in [-0.3, -0.25) is 28.8 Å². The number of Topliss-reactive ketones (excluding diaryl/α,β-unsaturated/α-hetero) is 3. The molecule has 3 rings (SSSR count). The van der Waals surface area contributed by atoms with Gasteiger partial charge in [0.1, 0.15) is 17.3 Å². The summed E-state index contributed by atoms with van der Waals surface area (Å²) in [5, 5.41) is 0. The first-order chi connectivity index (χ1) is 36.2. The molecule has 0 N–H and O–H groups in total. The monoisotopic (exact) mass is 1110 g/mol. The van der Waals surface area contributed by atoms with Gasteiger partial charge in [0.15, 0.2) is 0 Å². The van der Waals surface area contributed by atoms with Gasteiger partial charge in [0.2, 0.25) is 17.7 Å². The fourth-order valence-electron chi connectivity index (χ4n) is 12.0. The van der Waals surface area contributed by atoms with E-state index in [1.807, 2.05) is 0 Å². The third kappa shape index (κ3) is 28.9. The molecule has 3 aliphatic rings. The van der Waals surface area contributed by atoms with Gasteiger partial charge >= 0.3 is 17.1 Å². The number of carbonyl (C=O) groups excluding carboxylic acids is 6. The number of hydrogen-bond acceptors (Lipinski definition) is 6. The van der Waals surface area contributed by atoms with Gasteiger partial charge < -0.3 is 14.7 Å². The fraction of sp³-hybridized carbons (Fsp3) is 0.909. The van der Waals surface area contributed by atoms with Crippen LogP contribution in [0, 0.1) is 53.3 Å². The smallest absolute Gasteiger partial charge is 0.342 e. The zero-order chi connectivity index (χ0) is 56.0. The first kappa shape index (κ1) is 73.9. The molecule has 0 bridgehead atoms. The van der Waals surface area contributed by atoms with Crippen molar-refractivity contribution >= 4 is 35.1 Å². The van der Waals surface area contributed by atoms with Gasteiger partial charge in [-0.25, -0.2) is 0 Å². The van der Waals surface area contributed by atoms with Gasteiger partial charge in [-0.1, -0.05) is 199 Å². The topological polar surface area (TPSA) is 112 Å². The van der Waals surface area contributed by atoms with Gasteiger partial charge in [-0.2, -0.15) is 0 Å². The van der Waals surface area contributed by atoms with E-state index in [-0.39, 0.29) is 69.9 Å². The number of hydrogen-bond donors (Lipinski definition) is 0. The van der Waals surface area contributed by atoms with Crippen LogP contribution in [0.5, 0.6) is 0 Å².